The number of aliphatic hydroxyl groups excluding tert-OH is 1. The average molecular weight is 365 g/mol. The van der Waals surface area contributed by atoms with E-state index in [4.69, 9.17) is 14.2 Å². The minimum Gasteiger partial charge on any atom is -0.493 e. The molecule has 1 unspecified atom stereocenters. The predicted octanol–water partition coefficient (Wildman–Crippen LogP) is 1.55. The van der Waals surface area contributed by atoms with Gasteiger partial charge in [0.2, 0.25) is 0 Å². The third kappa shape index (κ3) is 5.25. The van der Waals surface area contributed by atoms with Crippen molar-refractivity contribution in [2.24, 2.45) is 10.4 Å². The number of hydrogen-bond acceptors (Lipinski definition) is 5. The fourth-order valence-electron chi connectivity index (χ4n) is 3.17. The minimum atomic E-state index is -0.0292. The minimum absolute atomic E-state index is 0.0292. The fraction of sp³-hybridized carbons (Fsp3) is 0.632. The molecule has 3 N–H and O–H groups in total. The van der Waals surface area contributed by atoms with Gasteiger partial charge >= 0.3 is 0 Å². The number of nitrogens with one attached hydrogen (secondary N) is 2. The molecule has 0 bridgehead atoms. The summed E-state index contributed by atoms with van der Waals surface area (Å²) in [7, 11) is 3.26. The van der Waals surface area contributed by atoms with Gasteiger partial charge in [0.1, 0.15) is 0 Å². The van der Waals surface area contributed by atoms with Gasteiger partial charge in [0.15, 0.2) is 17.5 Å². The van der Waals surface area contributed by atoms with Gasteiger partial charge in [0.05, 0.1) is 27.4 Å². The molecule has 146 valence electrons. The molecule has 1 heterocycles. The van der Waals surface area contributed by atoms with Crippen LogP contribution in [0.25, 0.3) is 0 Å². The van der Waals surface area contributed by atoms with Crippen LogP contribution in [0.4, 0.5) is 0 Å². The summed E-state index contributed by atoms with van der Waals surface area (Å²) >= 11 is 0. The number of guanidine groups is 1. The van der Waals surface area contributed by atoms with E-state index in [-0.39, 0.29) is 12.0 Å². The Labute approximate surface area is 155 Å². The van der Waals surface area contributed by atoms with Crippen molar-refractivity contribution in [3.8, 4) is 11.5 Å². The van der Waals surface area contributed by atoms with Crippen LogP contribution in [0.5, 0.6) is 11.5 Å². The molecule has 1 aliphatic heterocycles. The van der Waals surface area contributed by atoms with Crippen LogP contribution < -0.4 is 20.1 Å². The lowest BCUT2D eigenvalue weighted by Crippen LogP contribution is -2.44. The van der Waals surface area contributed by atoms with Crippen molar-refractivity contribution in [3.63, 3.8) is 0 Å². The molecule has 0 radical (unpaired) electrons. The first-order chi connectivity index (χ1) is 12.7. The van der Waals surface area contributed by atoms with Gasteiger partial charge in [-0.25, -0.2) is 4.99 Å². The molecule has 1 aromatic carbocycles. The Morgan fingerprint density at radius 3 is 2.77 bits per heavy atom. The first-order valence-corrected chi connectivity index (χ1v) is 9.08. The van der Waals surface area contributed by atoms with Gasteiger partial charge in [-0.2, -0.15) is 0 Å². The molecule has 1 atom stereocenters. The second kappa shape index (κ2) is 10.2. The highest BCUT2D eigenvalue weighted by atomic mass is 16.5. The van der Waals surface area contributed by atoms with Crippen LogP contribution >= 0.6 is 0 Å². The number of hydrogen-bond donors (Lipinski definition) is 3. The third-order valence-corrected chi connectivity index (χ3v) is 4.69. The maximum Gasteiger partial charge on any atom is 0.191 e. The van der Waals surface area contributed by atoms with Crippen molar-refractivity contribution >= 4 is 5.96 Å². The number of para-hydroxylation sites is 1. The van der Waals surface area contributed by atoms with Crippen LogP contribution in [-0.4, -0.2) is 58.2 Å². The molecule has 0 spiro atoms. The lowest BCUT2D eigenvalue weighted by Gasteiger charge is -2.27. The summed E-state index contributed by atoms with van der Waals surface area (Å²) in [5, 5.41) is 16.0. The van der Waals surface area contributed by atoms with Gasteiger partial charge < -0.3 is 30.0 Å². The first kappa shape index (κ1) is 20.3. The van der Waals surface area contributed by atoms with Gasteiger partial charge in [-0.15, -0.1) is 0 Å². The second-order valence-electron chi connectivity index (χ2n) is 6.48. The van der Waals surface area contributed by atoms with Gasteiger partial charge in [-0.05, 0) is 25.8 Å². The Kier molecular flexibility index (Phi) is 8.00. The van der Waals surface area contributed by atoms with Crippen molar-refractivity contribution in [1.29, 1.82) is 0 Å². The number of ether oxygens (including phenoxy) is 3. The van der Waals surface area contributed by atoms with Crippen LogP contribution in [-0.2, 0) is 11.3 Å². The molecule has 0 aromatic heterocycles. The highest BCUT2D eigenvalue weighted by Gasteiger charge is 2.34. The Morgan fingerprint density at radius 2 is 2.15 bits per heavy atom. The number of methoxy groups -OCH3 is 2. The summed E-state index contributed by atoms with van der Waals surface area (Å²) in [4.78, 5) is 4.68. The van der Waals surface area contributed by atoms with Crippen molar-refractivity contribution in [2.75, 3.05) is 47.1 Å². The molecular formula is C19H31N3O4. The number of rotatable bonds is 9. The van der Waals surface area contributed by atoms with Crippen molar-refractivity contribution in [3.05, 3.63) is 23.8 Å². The molecule has 2 rings (SSSR count). The monoisotopic (exact) mass is 365 g/mol. The highest BCUT2D eigenvalue weighted by molar-refractivity contribution is 5.79. The lowest BCUT2D eigenvalue weighted by atomic mass is 9.84. The van der Waals surface area contributed by atoms with Gasteiger partial charge in [-0.1, -0.05) is 12.1 Å². The largest absolute Gasteiger partial charge is 0.493 e. The zero-order valence-electron chi connectivity index (χ0n) is 16.0. The van der Waals surface area contributed by atoms with Crippen LogP contribution in [0.3, 0.4) is 0 Å². The summed E-state index contributed by atoms with van der Waals surface area (Å²) in [6.07, 6.45) is 1.67. The zero-order valence-corrected chi connectivity index (χ0v) is 16.0. The fourth-order valence-corrected chi connectivity index (χ4v) is 3.17. The van der Waals surface area contributed by atoms with Crippen LogP contribution in [0, 0.1) is 5.41 Å². The number of benzene rings is 1. The van der Waals surface area contributed by atoms with Crippen molar-refractivity contribution in [2.45, 2.75) is 26.3 Å². The molecule has 0 aliphatic carbocycles. The van der Waals surface area contributed by atoms with E-state index in [0.29, 0.717) is 31.2 Å². The van der Waals surface area contributed by atoms with Crippen molar-refractivity contribution < 1.29 is 19.3 Å². The molecule has 1 saturated heterocycles. The molecular weight excluding hydrogens is 334 g/mol. The maximum absolute atomic E-state index is 9.36. The average Bonchev–Trinajstić information content (AvgIpc) is 3.12. The molecule has 0 amide bonds. The molecule has 1 fully saturated rings. The Hall–Kier alpha value is -1.99. The predicted molar refractivity (Wildman–Crippen MR) is 102 cm³/mol. The summed E-state index contributed by atoms with van der Waals surface area (Å²) < 4.78 is 16.4. The summed E-state index contributed by atoms with van der Waals surface area (Å²) in [5.74, 6) is 2.14. The van der Waals surface area contributed by atoms with E-state index in [2.05, 4.69) is 15.6 Å². The summed E-state index contributed by atoms with van der Waals surface area (Å²) in [6.45, 7) is 5.57. The number of nitrogens with zero attached hydrogens (tertiary/aromatic N) is 1. The Morgan fingerprint density at radius 1 is 1.31 bits per heavy atom. The number of aliphatic hydroxyl groups is 1. The maximum atomic E-state index is 9.36. The van der Waals surface area contributed by atoms with E-state index in [1.807, 2.05) is 25.1 Å². The first-order valence-electron chi connectivity index (χ1n) is 9.08. The normalized spacial score (nSPS) is 20.1. The van der Waals surface area contributed by atoms with E-state index < -0.39 is 0 Å². The SMILES string of the molecule is CCNC(=NCc1cccc(OC)c1OC)NCC1(CCO)CCOC1. The van der Waals surface area contributed by atoms with E-state index in [1.54, 1.807) is 14.2 Å². The van der Waals surface area contributed by atoms with Crippen molar-refractivity contribution in [1.82, 2.24) is 10.6 Å². The molecule has 1 aromatic rings. The molecule has 0 saturated carbocycles. The zero-order chi connectivity index (χ0) is 18.8. The molecule has 1 aliphatic rings. The Balaban J connectivity index is 2.07. The topological polar surface area (TPSA) is 84.3 Å². The van der Waals surface area contributed by atoms with Crippen LogP contribution in [0.2, 0.25) is 0 Å². The van der Waals surface area contributed by atoms with E-state index in [0.717, 1.165) is 37.5 Å². The van der Waals surface area contributed by atoms with Crippen LogP contribution in [0.15, 0.2) is 23.2 Å². The van der Waals surface area contributed by atoms with Gasteiger partial charge in [0.25, 0.3) is 0 Å². The van der Waals surface area contributed by atoms with Gasteiger partial charge in [-0.3, -0.25) is 0 Å². The van der Waals surface area contributed by atoms with E-state index >= 15 is 0 Å². The highest BCUT2D eigenvalue weighted by Crippen LogP contribution is 2.32. The Bertz CT molecular complexity index is 586. The van der Waals surface area contributed by atoms with E-state index in [1.165, 1.54) is 0 Å². The molecule has 7 heteroatoms. The summed E-state index contributed by atoms with van der Waals surface area (Å²) in [5.41, 5.74) is 0.928. The third-order valence-electron chi connectivity index (χ3n) is 4.69. The number of aliphatic imine (C=N–C) groups is 1. The second-order valence-corrected chi connectivity index (χ2v) is 6.48. The smallest absolute Gasteiger partial charge is 0.191 e. The van der Waals surface area contributed by atoms with Crippen LogP contribution in [0.1, 0.15) is 25.3 Å². The quantitative estimate of drug-likeness (QED) is 0.455. The molecule has 7 nitrogen and oxygen atoms in total. The lowest BCUT2D eigenvalue weighted by molar-refractivity contribution is 0.127. The summed E-state index contributed by atoms with van der Waals surface area (Å²) in [6, 6.07) is 5.78. The van der Waals surface area contributed by atoms with E-state index in [9.17, 15) is 5.11 Å². The standard InChI is InChI=1S/C19H31N3O4/c1-4-20-18(22-13-19(8-10-23)9-11-26-14-19)21-12-15-6-5-7-16(24-2)17(15)25-3/h5-7,23H,4,8-14H2,1-3H3,(H2,20,21,22). The molecule has 26 heavy (non-hydrogen) atoms. The van der Waals surface area contributed by atoms with Gasteiger partial charge in [0, 0.05) is 37.3 Å².